The van der Waals surface area contributed by atoms with E-state index in [-0.39, 0.29) is 4.90 Å². The van der Waals surface area contributed by atoms with Gasteiger partial charge in [-0.15, -0.1) is 0 Å². The number of benzene rings is 1. The molecule has 1 N–H and O–H groups in total. The van der Waals surface area contributed by atoms with Crippen molar-refractivity contribution in [3.8, 4) is 11.1 Å². The molecule has 7 heteroatoms. The molecule has 0 spiro atoms. The maximum absolute atomic E-state index is 12.5. The molecule has 6 nitrogen and oxygen atoms in total. The van der Waals surface area contributed by atoms with Crippen LogP contribution in [0.2, 0.25) is 0 Å². The fourth-order valence-electron chi connectivity index (χ4n) is 3.75. The zero-order valence-electron chi connectivity index (χ0n) is 17.7. The highest BCUT2D eigenvalue weighted by Gasteiger charge is 2.15. The minimum absolute atomic E-state index is 0.180. The number of nitrogens with one attached hydrogen (secondary N) is 1. The second-order valence-electron chi connectivity index (χ2n) is 8.00. The van der Waals surface area contributed by atoms with Crippen LogP contribution < -0.4 is 4.72 Å². The summed E-state index contributed by atoms with van der Waals surface area (Å²) in [6, 6.07) is 13.6. The van der Waals surface area contributed by atoms with Crippen molar-refractivity contribution in [3.63, 3.8) is 0 Å². The largest absolute Gasteiger partial charge is 0.347 e. The van der Waals surface area contributed by atoms with Crippen LogP contribution in [-0.4, -0.2) is 29.5 Å². The van der Waals surface area contributed by atoms with Gasteiger partial charge in [0.2, 0.25) is 10.0 Å². The van der Waals surface area contributed by atoms with E-state index in [9.17, 15) is 8.42 Å². The number of hydrogen-bond donors (Lipinski definition) is 1. The van der Waals surface area contributed by atoms with Crippen molar-refractivity contribution in [3.05, 3.63) is 79.0 Å². The van der Waals surface area contributed by atoms with Crippen LogP contribution in [0.3, 0.4) is 0 Å². The van der Waals surface area contributed by atoms with Gasteiger partial charge in [0.05, 0.1) is 0 Å². The molecule has 0 saturated heterocycles. The fraction of sp³-hybridized carbons (Fsp3) is 0.250. The monoisotopic (exact) mass is 434 g/mol. The minimum Gasteiger partial charge on any atom is -0.347 e. The molecule has 0 bridgehead atoms. The molecule has 1 aromatic carbocycles. The van der Waals surface area contributed by atoms with Crippen molar-refractivity contribution in [2.45, 2.75) is 31.7 Å². The van der Waals surface area contributed by atoms with Crippen LogP contribution in [0.25, 0.3) is 22.0 Å². The highest BCUT2D eigenvalue weighted by molar-refractivity contribution is 7.89. The molecule has 4 rings (SSSR count). The zero-order valence-corrected chi connectivity index (χ0v) is 18.5. The number of sulfonamides is 1. The Morgan fingerprint density at radius 1 is 1.00 bits per heavy atom. The van der Waals surface area contributed by atoms with Crippen molar-refractivity contribution in [1.29, 1.82) is 0 Å². The van der Waals surface area contributed by atoms with E-state index < -0.39 is 10.0 Å². The first-order valence-electron chi connectivity index (χ1n) is 10.4. The van der Waals surface area contributed by atoms with Crippen molar-refractivity contribution >= 4 is 20.9 Å². The zero-order chi connectivity index (χ0) is 21.8. The molecular weight excluding hydrogens is 408 g/mol. The highest BCUT2D eigenvalue weighted by atomic mass is 32.2. The normalized spacial score (nSPS) is 12.0. The maximum Gasteiger partial charge on any atom is 0.242 e. The van der Waals surface area contributed by atoms with Crippen molar-refractivity contribution in [1.82, 2.24) is 19.3 Å². The molecule has 160 valence electrons. The second-order valence-corrected chi connectivity index (χ2v) is 9.77. The van der Waals surface area contributed by atoms with Gasteiger partial charge in [-0.25, -0.2) is 13.1 Å². The third-order valence-electron chi connectivity index (χ3n) is 5.17. The fourth-order valence-corrected chi connectivity index (χ4v) is 4.74. The first kappa shape index (κ1) is 21.2. The predicted molar refractivity (Wildman–Crippen MR) is 123 cm³/mol. The van der Waals surface area contributed by atoms with Crippen LogP contribution in [-0.2, 0) is 23.0 Å². The molecule has 3 heterocycles. The van der Waals surface area contributed by atoms with E-state index in [0.717, 1.165) is 34.1 Å². The third kappa shape index (κ3) is 4.84. The Kier molecular flexibility index (Phi) is 6.15. The van der Waals surface area contributed by atoms with Gasteiger partial charge >= 0.3 is 0 Å². The molecule has 0 aliphatic rings. The molecule has 0 amide bonds. The number of fused-ring (bicyclic) bond motifs is 1. The Balaban J connectivity index is 1.60. The Hall–Kier alpha value is -3.03. The lowest BCUT2D eigenvalue weighted by molar-refractivity contribution is 0.534. The Labute approximate surface area is 183 Å². The smallest absolute Gasteiger partial charge is 0.242 e. The van der Waals surface area contributed by atoms with Crippen LogP contribution in [0.5, 0.6) is 0 Å². The molecule has 0 fully saturated rings. The van der Waals surface area contributed by atoms with Gasteiger partial charge < -0.3 is 4.57 Å². The molecular formula is C24H26N4O2S. The molecule has 31 heavy (non-hydrogen) atoms. The van der Waals surface area contributed by atoms with Gasteiger partial charge in [0.25, 0.3) is 0 Å². The SMILES string of the molecule is CC(C)Cn1cc(CCNS(=O)(=O)c2cccnc2)c2ccc(-c3ccncc3)cc21. The summed E-state index contributed by atoms with van der Waals surface area (Å²) in [6.07, 6.45) is 9.27. The number of aromatic nitrogens is 3. The summed E-state index contributed by atoms with van der Waals surface area (Å²) >= 11 is 0. The minimum atomic E-state index is -3.56. The summed E-state index contributed by atoms with van der Waals surface area (Å²) in [4.78, 5) is 8.18. The van der Waals surface area contributed by atoms with E-state index in [1.54, 1.807) is 30.7 Å². The summed E-state index contributed by atoms with van der Waals surface area (Å²) in [5.74, 6) is 0.497. The molecule has 0 aliphatic heterocycles. The predicted octanol–water partition coefficient (Wildman–Crippen LogP) is 4.28. The van der Waals surface area contributed by atoms with Crippen molar-refractivity contribution < 1.29 is 8.42 Å². The standard InChI is InChI=1S/C24H26N4O2S/c1-18(2)16-28-17-21(9-13-27-31(29,30)22-4-3-10-26-15-22)23-6-5-20(14-24(23)28)19-7-11-25-12-8-19/h3-8,10-12,14-15,17-18,27H,9,13,16H2,1-2H3. The summed E-state index contributed by atoms with van der Waals surface area (Å²) in [5, 5.41) is 1.15. The number of rotatable bonds is 8. The van der Waals surface area contributed by atoms with Crippen molar-refractivity contribution in [2.75, 3.05) is 6.54 Å². The summed E-state index contributed by atoms with van der Waals surface area (Å²) in [5.41, 5.74) is 4.56. The van der Waals surface area contributed by atoms with Crippen LogP contribution in [0.15, 0.2) is 78.3 Å². The van der Waals surface area contributed by atoms with E-state index >= 15 is 0 Å². The maximum atomic E-state index is 12.5. The summed E-state index contributed by atoms with van der Waals surface area (Å²) < 4.78 is 29.9. The van der Waals surface area contributed by atoms with Crippen LogP contribution >= 0.6 is 0 Å². The van der Waals surface area contributed by atoms with Gasteiger partial charge in [-0.1, -0.05) is 26.0 Å². The second kappa shape index (κ2) is 8.99. The topological polar surface area (TPSA) is 76.9 Å². The highest BCUT2D eigenvalue weighted by Crippen LogP contribution is 2.28. The van der Waals surface area contributed by atoms with Gasteiger partial charge in [0.15, 0.2) is 0 Å². The number of nitrogens with zero attached hydrogens (tertiary/aromatic N) is 3. The lowest BCUT2D eigenvalue weighted by Gasteiger charge is -2.09. The molecule has 0 aliphatic carbocycles. The Morgan fingerprint density at radius 2 is 1.81 bits per heavy atom. The van der Waals surface area contributed by atoms with Gasteiger partial charge in [-0.3, -0.25) is 9.97 Å². The average Bonchev–Trinajstić information content (AvgIpc) is 3.11. The van der Waals surface area contributed by atoms with E-state index in [1.807, 2.05) is 12.1 Å². The third-order valence-corrected chi connectivity index (χ3v) is 6.62. The Bertz CT molecular complexity index is 1270. The van der Waals surface area contributed by atoms with Gasteiger partial charge in [-0.05, 0) is 59.4 Å². The first-order valence-corrected chi connectivity index (χ1v) is 11.8. The molecule has 0 radical (unpaired) electrons. The van der Waals surface area contributed by atoms with Crippen LogP contribution in [0.1, 0.15) is 19.4 Å². The average molecular weight is 435 g/mol. The molecule has 0 unspecified atom stereocenters. The van der Waals surface area contributed by atoms with Crippen LogP contribution in [0.4, 0.5) is 0 Å². The molecule has 3 aromatic heterocycles. The van der Waals surface area contributed by atoms with E-state index in [0.29, 0.717) is 18.9 Å². The number of hydrogen-bond acceptors (Lipinski definition) is 4. The summed E-state index contributed by atoms with van der Waals surface area (Å²) in [7, 11) is -3.56. The quantitative estimate of drug-likeness (QED) is 0.449. The van der Waals surface area contributed by atoms with Gasteiger partial charge in [0, 0.05) is 55.0 Å². The van der Waals surface area contributed by atoms with Gasteiger partial charge in [-0.2, -0.15) is 0 Å². The molecule has 0 saturated carbocycles. The molecule has 0 atom stereocenters. The van der Waals surface area contributed by atoms with Gasteiger partial charge in [0.1, 0.15) is 4.90 Å². The van der Waals surface area contributed by atoms with E-state index in [2.05, 4.69) is 57.5 Å². The van der Waals surface area contributed by atoms with E-state index in [1.165, 1.54) is 6.20 Å². The first-order chi connectivity index (χ1) is 14.9. The van der Waals surface area contributed by atoms with Crippen LogP contribution in [0, 0.1) is 5.92 Å². The van der Waals surface area contributed by atoms with E-state index in [4.69, 9.17) is 0 Å². The number of pyridine rings is 2. The molecule has 4 aromatic rings. The Morgan fingerprint density at radius 3 is 2.52 bits per heavy atom. The van der Waals surface area contributed by atoms with Crippen molar-refractivity contribution in [2.24, 2.45) is 5.92 Å². The lowest BCUT2D eigenvalue weighted by atomic mass is 10.0. The summed E-state index contributed by atoms with van der Waals surface area (Å²) in [6.45, 7) is 5.61. The lowest BCUT2D eigenvalue weighted by Crippen LogP contribution is -2.26.